The van der Waals surface area contributed by atoms with Crippen molar-refractivity contribution >= 4 is 23.9 Å². The first-order valence-corrected chi connectivity index (χ1v) is 12.1. The lowest BCUT2D eigenvalue weighted by Crippen LogP contribution is -2.43. The zero-order valence-electron chi connectivity index (χ0n) is 22.1. The minimum atomic E-state index is -0.938. The lowest BCUT2D eigenvalue weighted by atomic mass is 10.3. The first-order valence-electron chi connectivity index (χ1n) is 12.1. The summed E-state index contributed by atoms with van der Waals surface area (Å²) in [7, 11) is 0. The monoisotopic (exact) mass is 581 g/mol. The second-order valence-electron chi connectivity index (χ2n) is 8.35. The minimum absolute atomic E-state index is 0.0236. The SMILES string of the molecule is Cc1oc(=O)oc1COC(=O)/C=C/C(=O)OCC(CN1CCOCC1)OC(=O)/C=C/C(=O)OCc1oc(=O)oc1C. The van der Waals surface area contributed by atoms with Gasteiger partial charge in [-0.05, 0) is 13.8 Å². The van der Waals surface area contributed by atoms with Crippen molar-refractivity contribution in [2.75, 3.05) is 39.5 Å². The lowest BCUT2D eigenvalue weighted by molar-refractivity contribution is -0.154. The van der Waals surface area contributed by atoms with E-state index in [1.165, 1.54) is 13.8 Å². The van der Waals surface area contributed by atoms with Crippen LogP contribution in [0.4, 0.5) is 0 Å². The van der Waals surface area contributed by atoms with Crippen LogP contribution in [0.25, 0.3) is 0 Å². The van der Waals surface area contributed by atoms with Gasteiger partial charge in [-0.2, -0.15) is 0 Å². The largest absolute Gasteiger partial charge is 0.519 e. The predicted molar refractivity (Wildman–Crippen MR) is 130 cm³/mol. The van der Waals surface area contributed by atoms with Gasteiger partial charge in [-0.3, -0.25) is 4.90 Å². The van der Waals surface area contributed by atoms with Gasteiger partial charge in [-0.1, -0.05) is 0 Å². The summed E-state index contributed by atoms with van der Waals surface area (Å²) in [6.45, 7) is 4.01. The van der Waals surface area contributed by atoms with Crippen molar-refractivity contribution in [2.45, 2.75) is 33.2 Å². The number of hydrogen-bond donors (Lipinski definition) is 0. The summed E-state index contributed by atoms with van der Waals surface area (Å²) in [5, 5.41) is 0. The molecule has 3 rings (SSSR count). The zero-order chi connectivity index (χ0) is 29.8. The van der Waals surface area contributed by atoms with E-state index >= 15 is 0 Å². The third kappa shape index (κ3) is 10.8. The molecule has 0 N–H and O–H groups in total. The van der Waals surface area contributed by atoms with E-state index < -0.39 is 41.6 Å². The van der Waals surface area contributed by atoms with Gasteiger partial charge in [0.15, 0.2) is 36.3 Å². The Morgan fingerprint density at radius 2 is 1.20 bits per heavy atom. The molecule has 0 spiro atoms. The molecule has 2 aromatic rings. The molecule has 1 aliphatic heterocycles. The number of morpholine rings is 1. The second-order valence-corrected chi connectivity index (χ2v) is 8.35. The zero-order valence-corrected chi connectivity index (χ0v) is 22.1. The van der Waals surface area contributed by atoms with E-state index in [4.69, 9.17) is 32.5 Å². The van der Waals surface area contributed by atoms with Gasteiger partial charge < -0.3 is 41.4 Å². The molecule has 41 heavy (non-hydrogen) atoms. The number of hydrogen-bond acceptors (Lipinski definition) is 16. The first-order chi connectivity index (χ1) is 19.6. The van der Waals surface area contributed by atoms with Crippen LogP contribution in [-0.4, -0.2) is 74.3 Å². The highest BCUT2D eigenvalue weighted by atomic mass is 16.6. The molecule has 16 heteroatoms. The Morgan fingerprint density at radius 1 is 0.732 bits per heavy atom. The molecule has 3 heterocycles. The standard InChI is InChI=1S/C25H27NO15/c1-15-18(40-24(31)37-15)13-35-21(28)4-3-20(27)34-12-17(11-26-7-9-33-10-8-26)39-23(30)6-5-22(29)36-14-19-16(2)38-25(32)41-19/h3-6,17H,7-14H2,1-2H3/b4-3+,6-5+. The molecule has 1 unspecified atom stereocenters. The van der Waals surface area contributed by atoms with Crippen LogP contribution in [0.3, 0.4) is 0 Å². The quantitative estimate of drug-likeness (QED) is 0.174. The molecule has 222 valence electrons. The Morgan fingerprint density at radius 3 is 1.66 bits per heavy atom. The van der Waals surface area contributed by atoms with E-state index in [-0.39, 0.29) is 49.4 Å². The summed E-state index contributed by atoms with van der Waals surface area (Å²) < 4.78 is 44.2. The Balaban J connectivity index is 1.48. The average molecular weight is 581 g/mol. The number of nitrogens with zero attached hydrogens (tertiary/aromatic N) is 1. The van der Waals surface area contributed by atoms with Crippen LogP contribution in [0.5, 0.6) is 0 Å². The number of aryl methyl sites for hydroxylation is 2. The third-order valence-corrected chi connectivity index (χ3v) is 5.33. The predicted octanol–water partition coefficient (Wildman–Crippen LogP) is 0.0820. The highest BCUT2D eigenvalue weighted by Gasteiger charge is 2.21. The van der Waals surface area contributed by atoms with E-state index in [2.05, 4.69) is 8.83 Å². The van der Waals surface area contributed by atoms with Gasteiger partial charge in [0.2, 0.25) is 0 Å². The highest BCUT2D eigenvalue weighted by Crippen LogP contribution is 2.08. The van der Waals surface area contributed by atoms with Gasteiger partial charge in [0.1, 0.15) is 12.7 Å². The number of carbonyl (C=O) groups excluding carboxylic acids is 4. The van der Waals surface area contributed by atoms with Crippen LogP contribution in [0.2, 0.25) is 0 Å². The Labute approximate surface area is 231 Å². The third-order valence-electron chi connectivity index (χ3n) is 5.33. The van der Waals surface area contributed by atoms with Gasteiger partial charge in [0.25, 0.3) is 0 Å². The Hall–Kier alpha value is -4.70. The number of carbonyl (C=O) groups is 4. The molecule has 0 amide bonds. The van der Waals surface area contributed by atoms with Crippen molar-refractivity contribution < 1.29 is 60.5 Å². The lowest BCUT2D eigenvalue weighted by Gasteiger charge is -2.29. The molecule has 1 saturated heterocycles. The van der Waals surface area contributed by atoms with Crippen LogP contribution in [0.15, 0.2) is 51.6 Å². The summed E-state index contributed by atoms with van der Waals surface area (Å²) in [5.74, 6) is -5.19. The van der Waals surface area contributed by atoms with E-state index in [9.17, 15) is 28.8 Å². The van der Waals surface area contributed by atoms with E-state index in [1.807, 2.05) is 4.90 Å². The van der Waals surface area contributed by atoms with Gasteiger partial charge in [0, 0.05) is 43.9 Å². The minimum Gasteiger partial charge on any atom is -0.459 e. The molecule has 2 aromatic heterocycles. The maximum absolute atomic E-state index is 12.3. The fourth-order valence-electron chi connectivity index (χ4n) is 3.28. The summed E-state index contributed by atoms with van der Waals surface area (Å²) >= 11 is 0. The Bertz CT molecular complexity index is 1380. The van der Waals surface area contributed by atoms with Crippen molar-refractivity contribution in [3.63, 3.8) is 0 Å². The summed E-state index contributed by atoms with van der Waals surface area (Å²) in [6.07, 6.45) is 2.34. The van der Waals surface area contributed by atoms with Gasteiger partial charge in [-0.15, -0.1) is 0 Å². The van der Waals surface area contributed by atoms with Crippen LogP contribution in [-0.2, 0) is 56.1 Å². The van der Waals surface area contributed by atoms with Crippen LogP contribution in [0.1, 0.15) is 23.0 Å². The molecule has 0 aliphatic carbocycles. The smallest absolute Gasteiger partial charge is 0.459 e. The second kappa shape index (κ2) is 15.2. The molecule has 0 saturated carbocycles. The van der Waals surface area contributed by atoms with Crippen molar-refractivity contribution in [2.24, 2.45) is 0 Å². The summed E-state index contributed by atoms with van der Waals surface area (Å²) in [6, 6.07) is 0. The maximum atomic E-state index is 12.3. The maximum Gasteiger partial charge on any atom is 0.519 e. The van der Waals surface area contributed by atoms with E-state index in [0.717, 1.165) is 24.3 Å². The van der Waals surface area contributed by atoms with Crippen molar-refractivity contribution in [1.82, 2.24) is 4.90 Å². The topological polar surface area (TPSA) is 204 Å². The molecule has 1 fully saturated rings. The number of esters is 4. The molecule has 0 bridgehead atoms. The average Bonchev–Trinajstić information content (AvgIpc) is 3.44. The van der Waals surface area contributed by atoms with Crippen LogP contribution >= 0.6 is 0 Å². The molecule has 0 aromatic carbocycles. The van der Waals surface area contributed by atoms with Gasteiger partial charge in [-0.25, -0.2) is 28.8 Å². The van der Waals surface area contributed by atoms with Gasteiger partial charge in [0.05, 0.1) is 13.2 Å². The molecule has 0 radical (unpaired) electrons. The van der Waals surface area contributed by atoms with Crippen molar-refractivity contribution in [3.8, 4) is 0 Å². The normalized spacial score (nSPS) is 14.7. The molecular weight excluding hydrogens is 554 g/mol. The van der Waals surface area contributed by atoms with E-state index in [0.29, 0.717) is 26.3 Å². The number of ether oxygens (including phenoxy) is 5. The van der Waals surface area contributed by atoms with Crippen LogP contribution in [0, 0.1) is 13.8 Å². The fraction of sp³-hybridized carbons (Fsp3) is 0.440. The van der Waals surface area contributed by atoms with Gasteiger partial charge >= 0.3 is 35.5 Å². The first kappa shape index (κ1) is 30.8. The summed E-state index contributed by atoms with van der Waals surface area (Å²) in [4.78, 5) is 72.1. The molecule has 1 aliphatic rings. The highest BCUT2D eigenvalue weighted by molar-refractivity contribution is 5.92. The number of rotatable bonds is 13. The summed E-state index contributed by atoms with van der Waals surface area (Å²) in [5.41, 5.74) is 0. The van der Waals surface area contributed by atoms with Crippen LogP contribution < -0.4 is 11.6 Å². The molecule has 1 atom stereocenters. The molecular formula is C25H27NO15. The van der Waals surface area contributed by atoms with E-state index in [1.54, 1.807) is 0 Å². The Kier molecular flexibility index (Phi) is 11.4. The fourth-order valence-corrected chi connectivity index (χ4v) is 3.28. The van der Waals surface area contributed by atoms with Crippen molar-refractivity contribution in [3.05, 3.63) is 68.6 Å². The van der Waals surface area contributed by atoms with Crippen molar-refractivity contribution in [1.29, 1.82) is 0 Å². The molecule has 16 nitrogen and oxygen atoms in total.